The van der Waals surface area contributed by atoms with Crippen LogP contribution in [0.2, 0.25) is 0 Å². The Balaban J connectivity index is 1.58. The molecule has 0 spiro atoms. The van der Waals surface area contributed by atoms with E-state index in [-0.39, 0.29) is 24.2 Å². The molecule has 0 bridgehead atoms. The molecule has 0 saturated carbocycles. The SMILES string of the molecule is CCOc1ccc(NC(=O)CC2N=C(/N=C(\N)Nc3ccccc3C)NC2=O)cc1. The summed E-state index contributed by atoms with van der Waals surface area (Å²) < 4.78 is 5.36. The molecule has 1 aliphatic rings. The maximum absolute atomic E-state index is 12.3. The van der Waals surface area contributed by atoms with Crippen LogP contribution in [-0.4, -0.2) is 36.4 Å². The molecule has 1 unspecified atom stereocenters. The molecule has 9 nitrogen and oxygen atoms in total. The van der Waals surface area contributed by atoms with Crippen LogP contribution in [0.15, 0.2) is 58.5 Å². The molecule has 1 heterocycles. The van der Waals surface area contributed by atoms with Crippen LogP contribution in [0.4, 0.5) is 11.4 Å². The van der Waals surface area contributed by atoms with Crippen LogP contribution in [0.1, 0.15) is 18.9 Å². The van der Waals surface area contributed by atoms with Gasteiger partial charge < -0.3 is 21.1 Å². The monoisotopic (exact) mass is 408 g/mol. The second kappa shape index (κ2) is 9.55. The van der Waals surface area contributed by atoms with Gasteiger partial charge in [-0.05, 0) is 49.7 Å². The van der Waals surface area contributed by atoms with Gasteiger partial charge in [0.2, 0.25) is 17.8 Å². The number of aliphatic imine (C=N–C) groups is 2. The van der Waals surface area contributed by atoms with E-state index in [1.165, 1.54) is 0 Å². The molecule has 3 rings (SSSR count). The molecular formula is C21H24N6O3. The van der Waals surface area contributed by atoms with Crippen LogP contribution in [0, 0.1) is 6.92 Å². The third-order valence-corrected chi connectivity index (χ3v) is 4.28. The van der Waals surface area contributed by atoms with E-state index in [4.69, 9.17) is 10.5 Å². The van der Waals surface area contributed by atoms with Gasteiger partial charge in [-0.15, -0.1) is 0 Å². The van der Waals surface area contributed by atoms with Crippen LogP contribution >= 0.6 is 0 Å². The standard InChI is InChI=1S/C21H24N6O3/c1-3-30-15-10-8-14(9-11-15)23-18(28)12-17-19(29)26-21(25-17)27-20(22)24-16-7-5-4-6-13(16)2/h4-11,17H,3,12H2,1-2H3,(H,23,28)(H4,22,24,25,26,27,29). The molecule has 0 aliphatic carbocycles. The van der Waals surface area contributed by atoms with Crippen molar-refractivity contribution in [2.75, 3.05) is 17.2 Å². The summed E-state index contributed by atoms with van der Waals surface area (Å²) in [7, 11) is 0. The highest BCUT2D eigenvalue weighted by Gasteiger charge is 2.28. The Morgan fingerprint density at radius 1 is 1.20 bits per heavy atom. The largest absolute Gasteiger partial charge is 0.494 e. The molecule has 2 amide bonds. The van der Waals surface area contributed by atoms with Gasteiger partial charge in [-0.2, -0.15) is 4.99 Å². The van der Waals surface area contributed by atoms with E-state index in [2.05, 4.69) is 25.9 Å². The fourth-order valence-corrected chi connectivity index (χ4v) is 2.81. The predicted molar refractivity (Wildman–Crippen MR) is 117 cm³/mol. The van der Waals surface area contributed by atoms with E-state index in [9.17, 15) is 9.59 Å². The summed E-state index contributed by atoms with van der Waals surface area (Å²) in [6.45, 7) is 4.40. The van der Waals surface area contributed by atoms with E-state index in [0.29, 0.717) is 12.3 Å². The van der Waals surface area contributed by atoms with Crippen LogP contribution in [-0.2, 0) is 9.59 Å². The first-order valence-electron chi connectivity index (χ1n) is 9.53. The van der Waals surface area contributed by atoms with Gasteiger partial charge in [-0.1, -0.05) is 18.2 Å². The van der Waals surface area contributed by atoms with Crippen molar-refractivity contribution in [2.24, 2.45) is 15.7 Å². The average Bonchev–Trinajstić information content (AvgIpc) is 3.04. The Bertz CT molecular complexity index is 984. The van der Waals surface area contributed by atoms with E-state index in [1.54, 1.807) is 24.3 Å². The van der Waals surface area contributed by atoms with Gasteiger partial charge in [0.15, 0.2) is 0 Å². The summed E-state index contributed by atoms with van der Waals surface area (Å²) in [5.74, 6) is 0.133. The lowest BCUT2D eigenvalue weighted by Crippen LogP contribution is -2.32. The lowest BCUT2D eigenvalue weighted by atomic mass is 10.2. The van der Waals surface area contributed by atoms with Crippen molar-refractivity contribution < 1.29 is 14.3 Å². The van der Waals surface area contributed by atoms with E-state index >= 15 is 0 Å². The molecule has 1 atom stereocenters. The average molecular weight is 408 g/mol. The van der Waals surface area contributed by atoms with Gasteiger partial charge in [0.1, 0.15) is 11.8 Å². The lowest BCUT2D eigenvalue weighted by molar-refractivity contribution is -0.123. The zero-order valence-electron chi connectivity index (χ0n) is 16.8. The molecule has 0 aromatic heterocycles. The van der Waals surface area contributed by atoms with Crippen molar-refractivity contribution in [1.82, 2.24) is 5.32 Å². The van der Waals surface area contributed by atoms with Gasteiger partial charge in [0, 0.05) is 11.4 Å². The molecule has 9 heteroatoms. The van der Waals surface area contributed by atoms with E-state index < -0.39 is 11.9 Å². The highest BCUT2D eigenvalue weighted by Crippen LogP contribution is 2.17. The smallest absolute Gasteiger partial charge is 0.252 e. The number of rotatable bonds is 6. The van der Waals surface area contributed by atoms with E-state index in [1.807, 2.05) is 38.1 Å². The number of anilines is 2. The molecule has 30 heavy (non-hydrogen) atoms. The number of nitrogens with two attached hydrogens (primary N) is 1. The number of hydrogen-bond donors (Lipinski definition) is 4. The molecule has 2 aromatic carbocycles. The second-order valence-corrected chi connectivity index (χ2v) is 6.60. The number of carbonyl (C=O) groups is 2. The molecule has 156 valence electrons. The molecule has 0 radical (unpaired) electrons. The number of amides is 2. The van der Waals surface area contributed by atoms with Gasteiger partial charge >= 0.3 is 0 Å². The number of para-hydroxylation sites is 1. The summed E-state index contributed by atoms with van der Waals surface area (Å²) in [5, 5.41) is 8.23. The third kappa shape index (κ3) is 5.57. The second-order valence-electron chi connectivity index (χ2n) is 6.60. The zero-order chi connectivity index (χ0) is 21.5. The number of carbonyl (C=O) groups excluding carboxylic acids is 2. The zero-order valence-corrected chi connectivity index (χ0v) is 16.8. The van der Waals surface area contributed by atoms with Crippen molar-refractivity contribution in [3.8, 4) is 5.75 Å². The number of guanidine groups is 2. The summed E-state index contributed by atoms with van der Waals surface area (Å²) >= 11 is 0. The van der Waals surface area contributed by atoms with Crippen LogP contribution < -0.4 is 26.4 Å². The van der Waals surface area contributed by atoms with Crippen molar-refractivity contribution in [3.63, 3.8) is 0 Å². The van der Waals surface area contributed by atoms with Crippen molar-refractivity contribution in [3.05, 3.63) is 54.1 Å². The Morgan fingerprint density at radius 3 is 2.63 bits per heavy atom. The fourth-order valence-electron chi connectivity index (χ4n) is 2.81. The maximum atomic E-state index is 12.3. The summed E-state index contributed by atoms with van der Waals surface area (Å²) in [6, 6.07) is 13.7. The molecule has 2 aromatic rings. The highest BCUT2D eigenvalue weighted by atomic mass is 16.5. The van der Waals surface area contributed by atoms with Crippen molar-refractivity contribution >= 4 is 35.1 Å². The normalized spacial score (nSPS) is 15.9. The van der Waals surface area contributed by atoms with Gasteiger partial charge in [0.25, 0.3) is 5.91 Å². The number of nitrogens with zero attached hydrogens (tertiary/aromatic N) is 2. The summed E-state index contributed by atoms with van der Waals surface area (Å²) in [5.41, 5.74) is 8.30. The van der Waals surface area contributed by atoms with Gasteiger partial charge in [-0.3, -0.25) is 14.9 Å². The van der Waals surface area contributed by atoms with Crippen molar-refractivity contribution in [2.45, 2.75) is 26.3 Å². The first-order valence-corrected chi connectivity index (χ1v) is 9.53. The third-order valence-electron chi connectivity index (χ3n) is 4.28. The van der Waals surface area contributed by atoms with E-state index in [0.717, 1.165) is 17.0 Å². The highest BCUT2D eigenvalue weighted by molar-refractivity contribution is 6.11. The molecule has 0 fully saturated rings. The number of nitrogens with one attached hydrogen (secondary N) is 3. The number of aryl methyl sites for hydroxylation is 1. The number of ether oxygens (including phenoxy) is 1. The minimum atomic E-state index is -0.863. The molecular weight excluding hydrogens is 384 g/mol. The fraction of sp³-hybridized carbons (Fsp3) is 0.238. The first-order chi connectivity index (χ1) is 14.4. The minimum Gasteiger partial charge on any atom is -0.494 e. The van der Waals surface area contributed by atoms with Gasteiger partial charge in [-0.25, -0.2) is 4.99 Å². The van der Waals surface area contributed by atoms with Crippen LogP contribution in [0.5, 0.6) is 5.75 Å². The van der Waals surface area contributed by atoms with Crippen LogP contribution in [0.3, 0.4) is 0 Å². The quantitative estimate of drug-likeness (QED) is 0.429. The Morgan fingerprint density at radius 2 is 1.93 bits per heavy atom. The summed E-state index contributed by atoms with van der Waals surface area (Å²) in [4.78, 5) is 32.6. The summed E-state index contributed by atoms with van der Waals surface area (Å²) in [6.07, 6.45) is -0.108. The van der Waals surface area contributed by atoms with Gasteiger partial charge in [0.05, 0.1) is 13.0 Å². The Labute approximate surface area is 174 Å². The first kappa shape index (κ1) is 20.8. The van der Waals surface area contributed by atoms with Crippen molar-refractivity contribution in [1.29, 1.82) is 0 Å². The maximum Gasteiger partial charge on any atom is 0.252 e. The molecule has 5 N–H and O–H groups in total. The minimum absolute atomic E-state index is 0.0671. The lowest BCUT2D eigenvalue weighted by Gasteiger charge is -2.08. The van der Waals surface area contributed by atoms with Crippen LogP contribution in [0.25, 0.3) is 0 Å². The number of hydrogen-bond acceptors (Lipinski definition) is 5. The molecule has 1 aliphatic heterocycles. The number of benzene rings is 2. The Kier molecular flexibility index (Phi) is 6.63. The Hall–Kier alpha value is -3.88. The topological polar surface area (TPSA) is 130 Å². The predicted octanol–water partition coefficient (Wildman–Crippen LogP) is 2.00. The molecule has 0 saturated heterocycles.